The third-order valence-electron chi connectivity index (χ3n) is 4.16. The Labute approximate surface area is 166 Å². The number of carbonyl (C=O) groups is 1. The fourth-order valence-corrected chi connectivity index (χ4v) is 2.70. The fraction of sp³-hybridized carbons (Fsp3) is 0.409. The average molecular weight is 390 g/mol. The highest BCUT2D eigenvalue weighted by Crippen LogP contribution is 2.25. The lowest BCUT2D eigenvalue weighted by Crippen LogP contribution is -2.39. The second-order valence-corrected chi connectivity index (χ2v) is 7.77. The lowest BCUT2D eigenvalue weighted by atomic mass is 9.87. The fourth-order valence-electron chi connectivity index (χ4n) is 2.52. The molecule has 1 amide bonds. The van der Waals surface area contributed by atoms with Crippen molar-refractivity contribution in [3.8, 4) is 11.5 Å². The Kier molecular flexibility index (Phi) is 7.55. The summed E-state index contributed by atoms with van der Waals surface area (Å²) in [5.41, 5.74) is 1.37. The number of nitrogens with one attached hydrogen (secondary N) is 1. The number of amides is 1. The van der Waals surface area contributed by atoms with Gasteiger partial charge in [-0.25, -0.2) is 0 Å². The molecule has 146 valence electrons. The summed E-state index contributed by atoms with van der Waals surface area (Å²) >= 11 is 6.09. The number of hydrogen-bond acceptors (Lipinski definition) is 3. The normalized spacial score (nSPS) is 12.3. The van der Waals surface area contributed by atoms with Crippen molar-refractivity contribution in [2.45, 2.75) is 45.6 Å². The van der Waals surface area contributed by atoms with Gasteiger partial charge in [-0.3, -0.25) is 4.79 Å². The molecule has 4 nitrogen and oxygen atoms in total. The van der Waals surface area contributed by atoms with Crippen LogP contribution in [0.15, 0.2) is 48.5 Å². The first kappa shape index (κ1) is 21.1. The summed E-state index contributed by atoms with van der Waals surface area (Å²) in [7, 11) is 0. The highest BCUT2D eigenvalue weighted by Gasteiger charge is 2.19. The molecule has 0 aromatic heterocycles. The van der Waals surface area contributed by atoms with E-state index in [2.05, 4.69) is 38.2 Å². The molecule has 2 aromatic carbocycles. The van der Waals surface area contributed by atoms with Gasteiger partial charge in [0.05, 0.1) is 11.6 Å². The maximum absolute atomic E-state index is 12.3. The predicted molar refractivity (Wildman–Crippen MR) is 110 cm³/mol. The van der Waals surface area contributed by atoms with Gasteiger partial charge < -0.3 is 14.8 Å². The molecule has 27 heavy (non-hydrogen) atoms. The first-order valence-corrected chi connectivity index (χ1v) is 9.61. The van der Waals surface area contributed by atoms with Crippen molar-refractivity contribution in [2.75, 3.05) is 13.2 Å². The number of carbonyl (C=O) groups excluding carboxylic acids is 1. The molecule has 0 radical (unpaired) electrons. The minimum absolute atomic E-state index is 0.114. The molecule has 1 atom stereocenters. The van der Waals surface area contributed by atoms with E-state index in [1.165, 1.54) is 5.56 Å². The molecule has 5 heteroatoms. The van der Waals surface area contributed by atoms with Gasteiger partial charge >= 0.3 is 0 Å². The minimum atomic E-state index is -0.587. The van der Waals surface area contributed by atoms with Gasteiger partial charge in [-0.1, -0.05) is 63.6 Å². The van der Waals surface area contributed by atoms with Crippen molar-refractivity contribution < 1.29 is 14.3 Å². The zero-order chi connectivity index (χ0) is 19.9. The molecular formula is C22H28ClNO3. The number of ether oxygens (including phenoxy) is 2. The average Bonchev–Trinajstić information content (AvgIpc) is 2.64. The van der Waals surface area contributed by atoms with Gasteiger partial charge in [0.15, 0.2) is 6.10 Å². The second kappa shape index (κ2) is 9.65. The van der Waals surface area contributed by atoms with Crippen LogP contribution in [0, 0.1) is 0 Å². The van der Waals surface area contributed by atoms with Crippen molar-refractivity contribution in [2.24, 2.45) is 0 Å². The van der Waals surface area contributed by atoms with Crippen LogP contribution in [-0.2, 0) is 10.2 Å². The Hall–Kier alpha value is -2.20. The highest BCUT2D eigenvalue weighted by atomic mass is 35.5. The number of benzene rings is 2. The van der Waals surface area contributed by atoms with Crippen molar-refractivity contribution in [3.05, 3.63) is 59.1 Å². The SMILES string of the molecule is CCC(Oc1ccccc1Cl)C(=O)NCCOc1ccc(C(C)(C)C)cc1. The van der Waals surface area contributed by atoms with Crippen LogP contribution in [0.4, 0.5) is 0 Å². The van der Waals surface area contributed by atoms with Crippen LogP contribution >= 0.6 is 11.6 Å². The van der Waals surface area contributed by atoms with Crippen LogP contribution in [0.5, 0.6) is 11.5 Å². The zero-order valence-electron chi connectivity index (χ0n) is 16.4. The van der Waals surface area contributed by atoms with Crippen LogP contribution < -0.4 is 14.8 Å². The van der Waals surface area contributed by atoms with Crippen LogP contribution in [0.25, 0.3) is 0 Å². The number of rotatable bonds is 8. The number of para-hydroxylation sites is 1. The van der Waals surface area contributed by atoms with Gasteiger partial charge in [-0.15, -0.1) is 0 Å². The molecule has 0 aliphatic carbocycles. The lowest BCUT2D eigenvalue weighted by Gasteiger charge is -2.19. The van der Waals surface area contributed by atoms with E-state index in [0.29, 0.717) is 30.3 Å². The smallest absolute Gasteiger partial charge is 0.261 e. The van der Waals surface area contributed by atoms with Crippen molar-refractivity contribution in [1.29, 1.82) is 0 Å². The molecule has 2 aromatic rings. The summed E-state index contributed by atoms with van der Waals surface area (Å²) in [5, 5.41) is 3.34. The molecule has 0 saturated heterocycles. The molecule has 0 aliphatic heterocycles. The van der Waals surface area contributed by atoms with E-state index < -0.39 is 6.10 Å². The third-order valence-corrected chi connectivity index (χ3v) is 4.47. The summed E-state index contributed by atoms with van der Waals surface area (Å²) in [5.74, 6) is 1.12. The maximum atomic E-state index is 12.3. The highest BCUT2D eigenvalue weighted by molar-refractivity contribution is 6.32. The summed E-state index contributed by atoms with van der Waals surface area (Å²) in [6, 6.07) is 15.2. The monoisotopic (exact) mass is 389 g/mol. The van der Waals surface area contributed by atoms with Gasteiger partial charge in [0.1, 0.15) is 18.1 Å². The number of halogens is 1. The van der Waals surface area contributed by atoms with E-state index >= 15 is 0 Å². The summed E-state index contributed by atoms with van der Waals surface area (Å²) < 4.78 is 11.4. The maximum Gasteiger partial charge on any atom is 0.261 e. The van der Waals surface area contributed by atoms with E-state index in [1.54, 1.807) is 12.1 Å². The summed E-state index contributed by atoms with van der Waals surface area (Å²) in [4.78, 5) is 12.3. The quantitative estimate of drug-likeness (QED) is 0.647. The Morgan fingerprint density at radius 3 is 2.37 bits per heavy atom. The molecule has 0 fully saturated rings. The molecule has 0 saturated carbocycles. The van der Waals surface area contributed by atoms with E-state index in [0.717, 1.165) is 5.75 Å². The van der Waals surface area contributed by atoms with Crippen molar-refractivity contribution >= 4 is 17.5 Å². The Balaban J connectivity index is 1.78. The summed E-state index contributed by atoms with van der Waals surface area (Å²) in [6.45, 7) is 9.22. The molecular weight excluding hydrogens is 362 g/mol. The summed E-state index contributed by atoms with van der Waals surface area (Å²) in [6.07, 6.45) is -0.0393. The van der Waals surface area contributed by atoms with Crippen molar-refractivity contribution in [1.82, 2.24) is 5.32 Å². The van der Waals surface area contributed by atoms with Gasteiger partial charge in [0.25, 0.3) is 5.91 Å². The predicted octanol–water partition coefficient (Wildman–Crippen LogP) is 4.99. The van der Waals surface area contributed by atoms with E-state index in [9.17, 15) is 4.79 Å². The topological polar surface area (TPSA) is 47.6 Å². The Morgan fingerprint density at radius 2 is 1.78 bits per heavy atom. The molecule has 0 heterocycles. The molecule has 0 spiro atoms. The lowest BCUT2D eigenvalue weighted by molar-refractivity contribution is -0.128. The largest absolute Gasteiger partial charge is 0.492 e. The molecule has 0 bridgehead atoms. The van der Waals surface area contributed by atoms with E-state index in [-0.39, 0.29) is 11.3 Å². The van der Waals surface area contributed by atoms with Gasteiger partial charge in [-0.05, 0) is 41.7 Å². The van der Waals surface area contributed by atoms with Gasteiger partial charge in [-0.2, -0.15) is 0 Å². The number of hydrogen-bond donors (Lipinski definition) is 1. The molecule has 1 N–H and O–H groups in total. The van der Waals surface area contributed by atoms with E-state index in [4.69, 9.17) is 21.1 Å². The first-order chi connectivity index (χ1) is 12.8. The van der Waals surface area contributed by atoms with Crippen LogP contribution in [0.1, 0.15) is 39.7 Å². The second-order valence-electron chi connectivity index (χ2n) is 7.36. The van der Waals surface area contributed by atoms with Crippen molar-refractivity contribution in [3.63, 3.8) is 0 Å². The van der Waals surface area contributed by atoms with Crippen LogP contribution in [-0.4, -0.2) is 25.2 Å². The standard InChI is InChI=1S/C22H28ClNO3/c1-5-19(27-20-9-7-6-8-18(20)23)21(25)24-14-15-26-17-12-10-16(11-13-17)22(2,3)4/h6-13,19H,5,14-15H2,1-4H3,(H,24,25). The van der Waals surface area contributed by atoms with Crippen LogP contribution in [0.2, 0.25) is 5.02 Å². The van der Waals surface area contributed by atoms with Gasteiger partial charge in [0, 0.05) is 0 Å². The molecule has 1 unspecified atom stereocenters. The zero-order valence-corrected chi connectivity index (χ0v) is 17.2. The van der Waals surface area contributed by atoms with E-state index in [1.807, 2.05) is 31.2 Å². The minimum Gasteiger partial charge on any atom is -0.492 e. The molecule has 0 aliphatic rings. The third kappa shape index (κ3) is 6.47. The first-order valence-electron chi connectivity index (χ1n) is 9.23. The molecule has 2 rings (SSSR count). The van der Waals surface area contributed by atoms with Crippen LogP contribution in [0.3, 0.4) is 0 Å². The van der Waals surface area contributed by atoms with Gasteiger partial charge in [0.2, 0.25) is 0 Å². The Bertz CT molecular complexity index is 738. The Morgan fingerprint density at radius 1 is 1.11 bits per heavy atom.